The van der Waals surface area contributed by atoms with E-state index in [1.54, 1.807) is 7.05 Å². The maximum absolute atomic E-state index is 12.4. The van der Waals surface area contributed by atoms with Gasteiger partial charge in [-0.1, -0.05) is 42.0 Å². The Hall–Kier alpha value is -3.67. The van der Waals surface area contributed by atoms with Crippen LogP contribution in [-0.4, -0.2) is 19.8 Å². The molecule has 3 aromatic carbocycles. The molecule has 158 valence electrons. The quantitative estimate of drug-likeness (QED) is 0.484. The lowest BCUT2D eigenvalue weighted by atomic mass is 9.96. The van der Waals surface area contributed by atoms with Crippen LogP contribution in [0.25, 0.3) is 16.8 Å². The van der Waals surface area contributed by atoms with Crippen LogP contribution in [0.15, 0.2) is 59.4 Å². The van der Waals surface area contributed by atoms with Crippen molar-refractivity contribution in [2.24, 2.45) is 7.05 Å². The van der Waals surface area contributed by atoms with E-state index in [1.165, 1.54) is 26.1 Å². The van der Waals surface area contributed by atoms with Crippen LogP contribution in [0.4, 0.5) is 0 Å². The van der Waals surface area contributed by atoms with Gasteiger partial charge in [0.1, 0.15) is 12.4 Å². The Labute approximate surface area is 181 Å². The molecule has 0 atom stereocenters. The van der Waals surface area contributed by atoms with Crippen molar-refractivity contribution >= 4 is 0 Å². The second kappa shape index (κ2) is 8.22. The summed E-state index contributed by atoms with van der Waals surface area (Å²) >= 11 is 0. The van der Waals surface area contributed by atoms with Crippen LogP contribution in [0.3, 0.4) is 0 Å². The summed E-state index contributed by atoms with van der Waals surface area (Å²) in [5, 5.41) is 7.82. The van der Waals surface area contributed by atoms with Gasteiger partial charge >= 0.3 is 5.69 Å². The maximum Gasteiger partial charge on any atom is 0.368 e. The lowest BCUT2D eigenvalue weighted by Gasteiger charge is -2.16. The first kappa shape index (κ1) is 20.6. The molecular formula is C25H26N4O2. The van der Waals surface area contributed by atoms with Crippen molar-refractivity contribution < 1.29 is 4.74 Å². The second-order valence-corrected chi connectivity index (χ2v) is 7.96. The number of benzene rings is 3. The third kappa shape index (κ3) is 4.01. The van der Waals surface area contributed by atoms with E-state index in [4.69, 9.17) is 4.74 Å². The Morgan fingerprint density at radius 1 is 0.871 bits per heavy atom. The summed E-state index contributed by atoms with van der Waals surface area (Å²) in [5.41, 5.74) is 8.19. The molecule has 0 saturated heterocycles. The zero-order chi connectivity index (χ0) is 22.1. The van der Waals surface area contributed by atoms with Crippen LogP contribution >= 0.6 is 0 Å². The number of aryl methyl sites for hydroxylation is 5. The largest absolute Gasteiger partial charge is 0.489 e. The fourth-order valence-corrected chi connectivity index (χ4v) is 3.76. The van der Waals surface area contributed by atoms with Gasteiger partial charge in [-0.25, -0.2) is 4.79 Å². The molecule has 1 heterocycles. The van der Waals surface area contributed by atoms with Crippen LogP contribution < -0.4 is 10.4 Å². The van der Waals surface area contributed by atoms with Gasteiger partial charge in [0.2, 0.25) is 0 Å². The lowest BCUT2D eigenvalue weighted by molar-refractivity contribution is 0.302. The van der Waals surface area contributed by atoms with Gasteiger partial charge in [-0.15, -0.1) is 0 Å². The van der Waals surface area contributed by atoms with Gasteiger partial charge in [-0.2, -0.15) is 9.36 Å². The van der Waals surface area contributed by atoms with E-state index < -0.39 is 0 Å². The highest BCUT2D eigenvalue weighted by atomic mass is 16.5. The molecule has 0 aliphatic carbocycles. The molecule has 0 aliphatic rings. The molecule has 0 amide bonds. The zero-order valence-corrected chi connectivity index (χ0v) is 18.5. The molecule has 4 rings (SSSR count). The van der Waals surface area contributed by atoms with Crippen LogP contribution in [-0.2, 0) is 13.7 Å². The average molecular weight is 415 g/mol. The van der Waals surface area contributed by atoms with Crippen molar-refractivity contribution in [2.45, 2.75) is 34.3 Å². The van der Waals surface area contributed by atoms with Gasteiger partial charge in [0.05, 0.1) is 5.69 Å². The number of tetrazole rings is 1. The number of hydrogen-bond donors (Lipinski definition) is 0. The molecule has 0 N–H and O–H groups in total. The molecule has 6 heteroatoms. The number of rotatable bonds is 5. The van der Waals surface area contributed by atoms with Gasteiger partial charge in [0, 0.05) is 12.6 Å². The summed E-state index contributed by atoms with van der Waals surface area (Å²) < 4.78 is 8.76. The minimum atomic E-state index is -0.290. The molecule has 31 heavy (non-hydrogen) atoms. The van der Waals surface area contributed by atoms with Gasteiger partial charge in [-0.3, -0.25) is 0 Å². The van der Waals surface area contributed by atoms with Gasteiger partial charge in [0.25, 0.3) is 0 Å². The predicted molar refractivity (Wildman–Crippen MR) is 122 cm³/mol. The first-order chi connectivity index (χ1) is 14.8. The summed E-state index contributed by atoms with van der Waals surface area (Å²) in [7, 11) is 1.58. The van der Waals surface area contributed by atoms with E-state index in [2.05, 4.69) is 67.6 Å². The molecule has 0 fully saturated rings. The standard InChI is InChI=1S/C25H26N4O2/c1-16-8-6-10-20(12-16)21-13-19(4)24(14-18(21)3)31-15-22-17(2)9-7-11-23(22)29-25(30)28(5)26-27-29/h6-14H,15H2,1-5H3. The molecule has 0 unspecified atom stereocenters. The van der Waals surface area contributed by atoms with E-state index >= 15 is 0 Å². The smallest absolute Gasteiger partial charge is 0.368 e. The van der Waals surface area contributed by atoms with Crippen molar-refractivity contribution in [3.8, 4) is 22.6 Å². The Morgan fingerprint density at radius 3 is 2.35 bits per heavy atom. The first-order valence-corrected chi connectivity index (χ1v) is 10.2. The summed E-state index contributed by atoms with van der Waals surface area (Å²) in [6.45, 7) is 8.59. The second-order valence-electron chi connectivity index (χ2n) is 7.96. The Morgan fingerprint density at radius 2 is 1.65 bits per heavy atom. The maximum atomic E-state index is 12.4. The summed E-state index contributed by atoms with van der Waals surface area (Å²) in [6, 6.07) is 18.5. The Bertz CT molecular complexity index is 1320. The number of hydrogen-bond acceptors (Lipinski definition) is 4. The minimum absolute atomic E-state index is 0.290. The van der Waals surface area contributed by atoms with Crippen molar-refractivity contribution in [1.82, 2.24) is 19.8 Å². The lowest BCUT2D eigenvalue weighted by Crippen LogP contribution is -2.23. The number of aromatic nitrogens is 4. The van der Waals surface area contributed by atoms with Crippen LogP contribution in [0.5, 0.6) is 5.75 Å². The molecule has 6 nitrogen and oxygen atoms in total. The minimum Gasteiger partial charge on any atom is -0.489 e. The third-order valence-electron chi connectivity index (χ3n) is 5.56. The molecule has 1 aromatic heterocycles. The topological polar surface area (TPSA) is 61.9 Å². The first-order valence-electron chi connectivity index (χ1n) is 10.2. The highest BCUT2D eigenvalue weighted by Gasteiger charge is 2.15. The SMILES string of the molecule is Cc1cccc(-c2cc(C)c(OCc3c(C)cccc3-n3nnn(C)c3=O)cc2C)c1. The Kier molecular flexibility index (Phi) is 5.46. The number of ether oxygens (including phenoxy) is 1. The van der Waals surface area contributed by atoms with Crippen molar-refractivity contribution in [3.05, 3.63) is 92.9 Å². The third-order valence-corrected chi connectivity index (χ3v) is 5.56. The predicted octanol–water partition coefficient (Wildman–Crippen LogP) is 4.45. The van der Waals surface area contributed by atoms with Crippen molar-refractivity contribution in [3.63, 3.8) is 0 Å². The average Bonchev–Trinajstić information content (AvgIpc) is 3.07. The molecule has 0 bridgehead atoms. The molecule has 4 aromatic rings. The van der Waals surface area contributed by atoms with Gasteiger partial charge in [-0.05, 0) is 84.1 Å². The summed E-state index contributed by atoms with van der Waals surface area (Å²) in [5.74, 6) is 0.828. The number of nitrogens with zero attached hydrogens (tertiary/aromatic N) is 4. The molecular weight excluding hydrogens is 388 g/mol. The molecule has 0 spiro atoms. The zero-order valence-electron chi connectivity index (χ0n) is 18.5. The molecule has 0 aliphatic heterocycles. The normalized spacial score (nSPS) is 11.0. The van der Waals surface area contributed by atoms with Gasteiger partial charge in [0.15, 0.2) is 0 Å². The van der Waals surface area contributed by atoms with E-state index in [9.17, 15) is 4.79 Å². The summed E-state index contributed by atoms with van der Waals surface area (Å²) in [6.07, 6.45) is 0. The molecule has 0 saturated carbocycles. The fourth-order valence-electron chi connectivity index (χ4n) is 3.76. The van der Waals surface area contributed by atoms with Crippen LogP contribution in [0.1, 0.15) is 27.8 Å². The van der Waals surface area contributed by atoms with E-state index in [0.29, 0.717) is 12.3 Å². The summed E-state index contributed by atoms with van der Waals surface area (Å²) in [4.78, 5) is 12.4. The van der Waals surface area contributed by atoms with Gasteiger partial charge < -0.3 is 4.74 Å². The van der Waals surface area contributed by atoms with Crippen LogP contribution in [0.2, 0.25) is 0 Å². The van der Waals surface area contributed by atoms with Crippen molar-refractivity contribution in [1.29, 1.82) is 0 Å². The van der Waals surface area contributed by atoms with Crippen molar-refractivity contribution in [2.75, 3.05) is 0 Å². The van der Waals surface area contributed by atoms with E-state index in [0.717, 1.165) is 28.0 Å². The molecule has 0 radical (unpaired) electrons. The highest BCUT2D eigenvalue weighted by molar-refractivity contribution is 5.70. The van der Waals surface area contributed by atoms with Crippen LogP contribution in [0, 0.1) is 27.7 Å². The van der Waals surface area contributed by atoms with E-state index in [-0.39, 0.29) is 5.69 Å². The fraction of sp³-hybridized carbons (Fsp3) is 0.240. The highest BCUT2D eigenvalue weighted by Crippen LogP contribution is 2.31. The monoisotopic (exact) mass is 414 g/mol. The van der Waals surface area contributed by atoms with E-state index in [1.807, 2.05) is 25.1 Å². The Balaban J connectivity index is 1.66.